The molecule has 0 aromatic heterocycles. The van der Waals surface area contributed by atoms with E-state index in [2.05, 4.69) is 0 Å². The van der Waals surface area contributed by atoms with Crippen LogP contribution >= 0.6 is 0 Å². The van der Waals surface area contributed by atoms with Crippen LogP contribution < -0.4 is 4.74 Å². The summed E-state index contributed by atoms with van der Waals surface area (Å²) in [6.45, 7) is 4.17. The van der Waals surface area contributed by atoms with E-state index in [1.807, 2.05) is 19.9 Å². The first-order valence-corrected chi connectivity index (χ1v) is 5.20. The zero-order chi connectivity index (χ0) is 12.8. The van der Waals surface area contributed by atoms with Gasteiger partial charge in [0.05, 0.1) is 6.61 Å². The third kappa shape index (κ3) is 3.87. The molecule has 0 fully saturated rings. The van der Waals surface area contributed by atoms with E-state index in [1.54, 1.807) is 6.07 Å². The molecule has 2 nitrogen and oxygen atoms in total. The van der Waals surface area contributed by atoms with Crippen molar-refractivity contribution in [3.63, 3.8) is 0 Å². The van der Waals surface area contributed by atoms with Gasteiger partial charge in [-0.05, 0) is 20.3 Å². The Bertz CT molecular complexity index is 471. The SMILES string of the molecule is CC(C)=CCCOc1cc(F)cc(F)c1C#N. The van der Waals surface area contributed by atoms with Crippen molar-refractivity contribution in [1.29, 1.82) is 5.26 Å². The third-order valence-electron chi connectivity index (χ3n) is 2.06. The van der Waals surface area contributed by atoms with Gasteiger partial charge in [-0.25, -0.2) is 8.78 Å². The second-order valence-corrected chi connectivity index (χ2v) is 3.79. The van der Waals surface area contributed by atoms with Gasteiger partial charge in [0.25, 0.3) is 0 Å². The highest BCUT2D eigenvalue weighted by atomic mass is 19.1. The van der Waals surface area contributed by atoms with Gasteiger partial charge in [-0.15, -0.1) is 0 Å². The number of nitrogens with zero attached hydrogens (tertiary/aromatic N) is 1. The lowest BCUT2D eigenvalue weighted by Gasteiger charge is -2.07. The average molecular weight is 237 g/mol. The molecule has 0 radical (unpaired) electrons. The van der Waals surface area contributed by atoms with Crippen LogP contribution in [0.3, 0.4) is 0 Å². The number of hydrogen-bond acceptors (Lipinski definition) is 2. The summed E-state index contributed by atoms with van der Waals surface area (Å²) in [6, 6.07) is 3.34. The molecule has 1 rings (SSSR count). The summed E-state index contributed by atoms with van der Waals surface area (Å²) >= 11 is 0. The van der Waals surface area contributed by atoms with Gasteiger partial charge >= 0.3 is 0 Å². The molecule has 0 saturated carbocycles. The lowest BCUT2D eigenvalue weighted by Crippen LogP contribution is -2.00. The molecule has 0 aliphatic heterocycles. The second kappa shape index (κ2) is 6.00. The molecule has 4 heteroatoms. The fourth-order valence-electron chi connectivity index (χ4n) is 1.29. The molecular formula is C13H13F2NO. The summed E-state index contributed by atoms with van der Waals surface area (Å²) < 4.78 is 31.3. The van der Waals surface area contributed by atoms with Crippen LogP contribution in [-0.2, 0) is 0 Å². The Labute approximate surface area is 99.1 Å². The van der Waals surface area contributed by atoms with E-state index in [-0.39, 0.29) is 17.9 Å². The van der Waals surface area contributed by atoms with Gasteiger partial charge in [0.1, 0.15) is 29.0 Å². The Balaban J connectivity index is 2.77. The number of benzene rings is 1. The van der Waals surface area contributed by atoms with E-state index in [0.717, 1.165) is 11.6 Å². The number of allylic oxidation sites excluding steroid dienone is 1. The van der Waals surface area contributed by atoms with Crippen molar-refractivity contribution in [2.75, 3.05) is 6.61 Å². The number of hydrogen-bond donors (Lipinski definition) is 0. The van der Waals surface area contributed by atoms with Gasteiger partial charge in [-0.3, -0.25) is 0 Å². The van der Waals surface area contributed by atoms with Gasteiger partial charge in [-0.2, -0.15) is 5.26 Å². The molecule has 0 spiro atoms. The molecule has 0 bridgehead atoms. The largest absolute Gasteiger partial charge is 0.492 e. The number of halogens is 2. The van der Waals surface area contributed by atoms with Gasteiger partial charge in [0.2, 0.25) is 0 Å². The predicted molar refractivity (Wildman–Crippen MR) is 60.6 cm³/mol. The van der Waals surface area contributed by atoms with Crippen molar-refractivity contribution in [2.45, 2.75) is 20.3 Å². The van der Waals surface area contributed by atoms with E-state index < -0.39 is 11.6 Å². The molecule has 0 heterocycles. The maximum atomic E-state index is 13.2. The maximum absolute atomic E-state index is 13.2. The Morgan fingerprint density at radius 2 is 2.12 bits per heavy atom. The lowest BCUT2D eigenvalue weighted by atomic mass is 10.2. The molecule has 0 unspecified atom stereocenters. The molecule has 0 amide bonds. The van der Waals surface area contributed by atoms with Crippen molar-refractivity contribution in [2.24, 2.45) is 0 Å². The van der Waals surface area contributed by atoms with Gasteiger partial charge in [-0.1, -0.05) is 11.6 Å². The standard InChI is InChI=1S/C13H13F2NO/c1-9(2)4-3-5-17-13-7-10(14)6-12(15)11(13)8-16/h4,6-7H,3,5H2,1-2H3. The highest BCUT2D eigenvalue weighted by Gasteiger charge is 2.11. The molecule has 1 aromatic carbocycles. The minimum Gasteiger partial charge on any atom is -0.492 e. The minimum atomic E-state index is -0.898. The molecule has 1 aromatic rings. The Morgan fingerprint density at radius 1 is 1.41 bits per heavy atom. The molecular weight excluding hydrogens is 224 g/mol. The van der Waals surface area contributed by atoms with Crippen molar-refractivity contribution in [1.82, 2.24) is 0 Å². The van der Waals surface area contributed by atoms with Crippen LogP contribution in [0.4, 0.5) is 8.78 Å². The lowest BCUT2D eigenvalue weighted by molar-refractivity contribution is 0.319. The van der Waals surface area contributed by atoms with Crippen molar-refractivity contribution in [3.05, 3.63) is 41.0 Å². The summed E-state index contributed by atoms with van der Waals surface area (Å²) in [7, 11) is 0. The summed E-state index contributed by atoms with van der Waals surface area (Å²) in [4.78, 5) is 0. The van der Waals surface area contributed by atoms with E-state index in [1.165, 1.54) is 0 Å². The molecule has 0 saturated heterocycles. The van der Waals surface area contributed by atoms with Crippen LogP contribution in [0.2, 0.25) is 0 Å². The Kier molecular flexibility index (Phi) is 4.65. The summed E-state index contributed by atoms with van der Waals surface area (Å²) in [6.07, 6.45) is 2.58. The van der Waals surface area contributed by atoms with E-state index in [4.69, 9.17) is 10.00 Å². The van der Waals surface area contributed by atoms with E-state index >= 15 is 0 Å². The summed E-state index contributed by atoms with van der Waals surface area (Å²) in [5.74, 6) is -1.70. The smallest absolute Gasteiger partial charge is 0.147 e. The van der Waals surface area contributed by atoms with Crippen LogP contribution in [0.5, 0.6) is 5.75 Å². The third-order valence-corrected chi connectivity index (χ3v) is 2.06. The maximum Gasteiger partial charge on any atom is 0.147 e. The van der Waals surface area contributed by atoms with E-state index in [9.17, 15) is 8.78 Å². The molecule has 0 aliphatic rings. The number of nitriles is 1. The monoisotopic (exact) mass is 237 g/mol. The second-order valence-electron chi connectivity index (χ2n) is 3.79. The normalized spacial score (nSPS) is 9.59. The van der Waals surface area contributed by atoms with Crippen molar-refractivity contribution in [3.8, 4) is 11.8 Å². The van der Waals surface area contributed by atoms with Gasteiger partial charge < -0.3 is 4.74 Å². The first kappa shape index (κ1) is 13.2. The Hall–Kier alpha value is -1.89. The quantitative estimate of drug-likeness (QED) is 0.592. The van der Waals surface area contributed by atoms with E-state index in [0.29, 0.717) is 12.5 Å². The first-order chi connectivity index (χ1) is 8.04. The highest BCUT2D eigenvalue weighted by molar-refractivity contribution is 5.44. The summed E-state index contributed by atoms with van der Waals surface area (Å²) in [5.41, 5.74) is 0.878. The van der Waals surface area contributed by atoms with Crippen molar-refractivity contribution >= 4 is 0 Å². The molecule has 0 atom stereocenters. The van der Waals surface area contributed by atoms with Crippen LogP contribution in [-0.4, -0.2) is 6.61 Å². The minimum absolute atomic E-state index is 0.0489. The Morgan fingerprint density at radius 3 is 2.71 bits per heavy atom. The van der Waals surface area contributed by atoms with Crippen LogP contribution in [0.1, 0.15) is 25.8 Å². The average Bonchev–Trinajstić information content (AvgIpc) is 2.23. The molecule has 0 aliphatic carbocycles. The fraction of sp³-hybridized carbons (Fsp3) is 0.308. The van der Waals surface area contributed by atoms with Crippen LogP contribution in [0, 0.1) is 23.0 Å². The van der Waals surface area contributed by atoms with Crippen molar-refractivity contribution < 1.29 is 13.5 Å². The van der Waals surface area contributed by atoms with Crippen LogP contribution in [0.25, 0.3) is 0 Å². The molecule has 17 heavy (non-hydrogen) atoms. The van der Waals surface area contributed by atoms with Gasteiger partial charge in [0.15, 0.2) is 0 Å². The van der Waals surface area contributed by atoms with Crippen LogP contribution in [0.15, 0.2) is 23.8 Å². The highest BCUT2D eigenvalue weighted by Crippen LogP contribution is 2.22. The summed E-state index contributed by atoms with van der Waals surface area (Å²) in [5, 5.41) is 8.73. The topological polar surface area (TPSA) is 33.0 Å². The zero-order valence-corrected chi connectivity index (χ0v) is 9.76. The van der Waals surface area contributed by atoms with Gasteiger partial charge in [0, 0.05) is 12.1 Å². The number of ether oxygens (including phenoxy) is 1. The number of rotatable bonds is 4. The fourth-order valence-corrected chi connectivity index (χ4v) is 1.29. The first-order valence-electron chi connectivity index (χ1n) is 5.20. The predicted octanol–water partition coefficient (Wildman–Crippen LogP) is 3.57. The molecule has 90 valence electrons. The molecule has 0 N–H and O–H groups in total. The zero-order valence-electron chi connectivity index (χ0n) is 9.76.